The molecule has 3 aromatic rings. The van der Waals surface area contributed by atoms with Gasteiger partial charge in [-0.25, -0.2) is 9.78 Å². The van der Waals surface area contributed by atoms with Gasteiger partial charge in [0.05, 0.1) is 17.4 Å². The maximum atomic E-state index is 12.6. The topological polar surface area (TPSA) is 102 Å². The van der Waals surface area contributed by atoms with Gasteiger partial charge in [-0.2, -0.15) is 0 Å². The van der Waals surface area contributed by atoms with Crippen LogP contribution in [0.5, 0.6) is 5.75 Å². The largest absolute Gasteiger partial charge is 0.492 e. The van der Waals surface area contributed by atoms with Crippen LogP contribution in [0.15, 0.2) is 53.3 Å². The number of carboxylic acid groups (broad SMARTS) is 1. The lowest BCUT2D eigenvalue weighted by molar-refractivity contribution is -0.146. The maximum Gasteiger partial charge on any atom is 0.332 e. The first-order valence-electron chi connectivity index (χ1n) is 8.54. The summed E-state index contributed by atoms with van der Waals surface area (Å²) in [6.07, 6.45) is -1.39. The van der Waals surface area contributed by atoms with Crippen LogP contribution in [0.3, 0.4) is 0 Å². The number of carbonyl (C=O) groups is 1. The van der Waals surface area contributed by atoms with Gasteiger partial charge in [0.15, 0.2) is 6.10 Å². The van der Waals surface area contributed by atoms with Gasteiger partial charge in [0, 0.05) is 6.42 Å². The number of aliphatic carboxylic acids is 1. The SMILES string of the molecule is Cc1nc2ccccc2c(=O)n1CCOc1ccc(CC(O)C(=O)O)cc1. The minimum Gasteiger partial charge on any atom is -0.492 e. The molecule has 0 aliphatic carbocycles. The van der Waals surface area contributed by atoms with Gasteiger partial charge in [0.1, 0.15) is 18.2 Å². The molecular formula is C20H20N2O5. The molecule has 0 saturated heterocycles. The Hall–Kier alpha value is -3.19. The monoisotopic (exact) mass is 368 g/mol. The highest BCUT2D eigenvalue weighted by Gasteiger charge is 2.13. The summed E-state index contributed by atoms with van der Waals surface area (Å²) in [4.78, 5) is 27.7. The second-order valence-electron chi connectivity index (χ2n) is 6.18. The Morgan fingerprint density at radius 3 is 2.59 bits per heavy atom. The van der Waals surface area contributed by atoms with E-state index in [1.165, 1.54) is 0 Å². The Kier molecular flexibility index (Phi) is 5.52. The molecule has 0 aliphatic heterocycles. The summed E-state index contributed by atoms with van der Waals surface area (Å²) in [5.74, 6) is -0.0246. The van der Waals surface area contributed by atoms with Crippen LogP contribution in [0.25, 0.3) is 10.9 Å². The molecule has 0 saturated carbocycles. The fraction of sp³-hybridized carbons (Fsp3) is 0.250. The fourth-order valence-electron chi connectivity index (χ4n) is 2.83. The molecule has 0 bridgehead atoms. The van der Waals surface area contributed by atoms with Crippen molar-refractivity contribution in [3.63, 3.8) is 0 Å². The van der Waals surface area contributed by atoms with Crippen LogP contribution in [0, 0.1) is 6.92 Å². The van der Waals surface area contributed by atoms with Crippen molar-refractivity contribution in [1.82, 2.24) is 9.55 Å². The highest BCUT2D eigenvalue weighted by molar-refractivity contribution is 5.77. The first-order chi connectivity index (χ1) is 13.0. The van der Waals surface area contributed by atoms with Crippen LogP contribution in [-0.4, -0.2) is 38.4 Å². The van der Waals surface area contributed by atoms with Gasteiger partial charge in [-0.1, -0.05) is 24.3 Å². The lowest BCUT2D eigenvalue weighted by Crippen LogP contribution is -2.26. The number of hydrogen-bond acceptors (Lipinski definition) is 5. The molecular weight excluding hydrogens is 348 g/mol. The third-order valence-corrected chi connectivity index (χ3v) is 4.27. The van der Waals surface area contributed by atoms with Crippen molar-refractivity contribution >= 4 is 16.9 Å². The van der Waals surface area contributed by atoms with Gasteiger partial charge in [0.25, 0.3) is 5.56 Å². The van der Waals surface area contributed by atoms with E-state index in [0.29, 0.717) is 34.6 Å². The van der Waals surface area contributed by atoms with E-state index in [9.17, 15) is 14.7 Å². The van der Waals surface area contributed by atoms with Crippen LogP contribution < -0.4 is 10.3 Å². The quantitative estimate of drug-likeness (QED) is 0.659. The van der Waals surface area contributed by atoms with Gasteiger partial charge in [0.2, 0.25) is 0 Å². The highest BCUT2D eigenvalue weighted by Crippen LogP contribution is 2.14. The molecule has 0 aliphatic rings. The molecule has 0 fully saturated rings. The normalized spacial score (nSPS) is 12.1. The molecule has 140 valence electrons. The van der Waals surface area contributed by atoms with Crippen LogP contribution in [0.1, 0.15) is 11.4 Å². The Morgan fingerprint density at radius 1 is 1.19 bits per heavy atom. The summed E-state index contributed by atoms with van der Waals surface area (Å²) in [5, 5.41) is 18.7. The third kappa shape index (κ3) is 4.32. The summed E-state index contributed by atoms with van der Waals surface area (Å²) in [6, 6.07) is 14.0. The molecule has 3 rings (SSSR count). The molecule has 1 atom stereocenters. The molecule has 1 unspecified atom stereocenters. The predicted molar refractivity (Wildman–Crippen MR) is 100 cm³/mol. The summed E-state index contributed by atoms with van der Waals surface area (Å²) < 4.78 is 7.26. The second-order valence-corrected chi connectivity index (χ2v) is 6.18. The number of ether oxygens (including phenoxy) is 1. The minimum absolute atomic E-state index is 0.0347. The summed E-state index contributed by atoms with van der Waals surface area (Å²) in [5.41, 5.74) is 1.28. The molecule has 1 aromatic heterocycles. The van der Waals surface area contributed by atoms with E-state index >= 15 is 0 Å². The van der Waals surface area contributed by atoms with E-state index in [2.05, 4.69) is 4.98 Å². The number of rotatable bonds is 7. The molecule has 27 heavy (non-hydrogen) atoms. The first kappa shape index (κ1) is 18.6. The van der Waals surface area contributed by atoms with E-state index in [1.807, 2.05) is 18.2 Å². The molecule has 0 amide bonds. The zero-order chi connectivity index (χ0) is 19.4. The zero-order valence-electron chi connectivity index (χ0n) is 14.8. The van der Waals surface area contributed by atoms with Gasteiger partial charge in [-0.3, -0.25) is 9.36 Å². The van der Waals surface area contributed by atoms with E-state index < -0.39 is 12.1 Å². The van der Waals surface area contributed by atoms with Crippen molar-refractivity contribution in [1.29, 1.82) is 0 Å². The molecule has 7 nitrogen and oxygen atoms in total. The molecule has 2 aromatic carbocycles. The molecule has 1 heterocycles. The number of para-hydroxylation sites is 1. The molecule has 0 spiro atoms. The number of nitrogens with zero attached hydrogens (tertiary/aromatic N) is 2. The van der Waals surface area contributed by atoms with Gasteiger partial charge >= 0.3 is 5.97 Å². The number of fused-ring (bicyclic) bond motifs is 1. The number of carboxylic acids is 1. The Balaban J connectivity index is 1.64. The standard InChI is InChI=1S/C20H20N2O5/c1-13-21-17-5-3-2-4-16(17)19(24)22(13)10-11-27-15-8-6-14(7-9-15)12-18(23)20(25)26/h2-9,18,23H,10-12H2,1H3,(H,25,26). The zero-order valence-corrected chi connectivity index (χ0v) is 14.8. The van der Waals surface area contributed by atoms with Gasteiger partial charge in [-0.15, -0.1) is 0 Å². The van der Waals surface area contributed by atoms with E-state index in [4.69, 9.17) is 9.84 Å². The van der Waals surface area contributed by atoms with Crippen molar-refractivity contribution in [3.8, 4) is 5.75 Å². The van der Waals surface area contributed by atoms with Crippen molar-refractivity contribution in [2.45, 2.75) is 26.0 Å². The fourth-order valence-corrected chi connectivity index (χ4v) is 2.83. The average Bonchev–Trinajstić information content (AvgIpc) is 2.65. The van der Waals surface area contributed by atoms with Crippen molar-refractivity contribution in [2.75, 3.05) is 6.61 Å². The number of benzene rings is 2. The smallest absolute Gasteiger partial charge is 0.332 e. The number of aryl methyl sites for hydroxylation is 1. The number of aliphatic hydroxyl groups excluding tert-OH is 1. The molecule has 0 radical (unpaired) electrons. The molecule has 7 heteroatoms. The highest BCUT2D eigenvalue weighted by atomic mass is 16.5. The maximum absolute atomic E-state index is 12.6. The van der Waals surface area contributed by atoms with Crippen LogP contribution in [-0.2, 0) is 17.8 Å². The van der Waals surface area contributed by atoms with Gasteiger partial charge < -0.3 is 14.9 Å². The number of aromatic nitrogens is 2. The number of aliphatic hydroxyl groups is 1. The van der Waals surface area contributed by atoms with Crippen molar-refractivity contribution in [2.24, 2.45) is 0 Å². The lowest BCUT2D eigenvalue weighted by Gasteiger charge is -2.12. The summed E-state index contributed by atoms with van der Waals surface area (Å²) in [7, 11) is 0. The van der Waals surface area contributed by atoms with E-state index in [1.54, 1.807) is 41.8 Å². The van der Waals surface area contributed by atoms with Crippen LogP contribution in [0.4, 0.5) is 0 Å². The van der Waals surface area contributed by atoms with E-state index in [-0.39, 0.29) is 18.6 Å². The van der Waals surface area contributed by atoms with Crippen LogP contribution in [0.2, 0.25) is 0 Å². The van der Waals surface area contributed by atoms with Crippen molar-refractivity contribution in [3.05, 3.63) is 70.3 Å². The Morgan fingerprint density at radius 2 is 1.89 bits per heavy atom. The van der Waals surface area contributed by atoms with E-state index in [0.717, 1.165) is 0 Å². The Labute approximate surface area is 155 Å². The third-order valence-electron chi connectivity index (χ3n) is 4.27. The first-order valence-corrected chi connectivity index (χ1v) is 8.54. The number of hydrogen-bond donors (Lipinski definition) is 2. The summed E-state index contributed by atoms with van der Waals surface area (Å²) in [6.45, 7) is 2.44. The van der Waals surface area contributed by atoms with Crippen LogP contribution >= 0.6 is 0 Å². The molecule has 2 N–H and O–H groups in total. The lowest BCUT2D eigenvalue weighted by atomic mass is 10.1. The Bertz CT molecular complexity index is 1010. The average molecular weight is 368 g/mol. The van der Waals surface area contributed by atoms with Gasteiger partial charge in [-0.05, 0) is 36.8 Å². The predicted octanol–water partition coefficient (Wildman–Crippen LogP) is 1.77. The second kappa shape index (κ2) is 8.01. The van der Waals surface area contributed by atoms with Crippen molar-refractivity contribution < 1.29 is 19.7 Å². The minimum atomic E-state index is -1.42. The summed E-state index contributed by atoms with van der Waals surface area (Å²) >= 11 is 0.